The van der Waals surface area contributed by atoms with Crippen LogP contribution >= 0.6 is 0 Å². The topological polar surface area (TPSA) is 73.2 Å². The lowest BCUT2D eigenvalue weighted by atomic mass is 10.2. The number of benzene rings is 1. The average molecular weight is 295 g/mol. The third-order valence-corrected chi connectivity index (χ3v) is 4.39. The first-order valence-electron chi connectivity index (χ1n) is 6.05. The molecule has 0 bridgehead atoms. The number of aromatic nitrogens is 2. The summed E-state index contributed by atoms with van der Waals surface area (Å²) in [6.07, 6.45) is 1.49. The fourth-order valence-electron chi connectivity index (χ4n) is 1.84. The molecule has 2 aromatic rings. The molecule has 0 saturated carbocycles. The lowest BCUT2D eigenvalue weighted by molar-refractivity contribution is 0.414. The summed E-state index contributed by atoms with van der Waals surface area (Å²) in [4.78, 5) is 0.202. The molecule has 6 nitrogen and oxygen atoms in total. The number of hydrogen-bond acceptors (Lipinski definition) is 4. The molecule has 1 aromatic carbocycles. The van der Waals surface area contributed by atoms with Gasteiger partial charge < -0.3 is 4.74 Å². The van der Waals surface area contributed by atoms with Crippen LogP contribution in [0, 0.1) is 6.92 Å². The summed E-state index contributed by atoms with van der Waals surface area (Å²) < 4.78 is 33.4. The zero-order chi connectivity index (χ0) is 14.8. The molecule has 2 rings (SSSR count). The number of sulfonamides is 1. The summed E-state index contributed by atoms with van der Waals surface area (Å²) in [5.74, 6) is 0.736. The summed E-state index contributed by atoms with van der Waals surface area (Å²) in [6.45, 7) is 1.89. The number of aryl methyl sites for hydroxylation is 2. The molecule has 108 valence electrons. The van der Waals surface area contributed by atoms with Crippen LogP contribution in [0.4, 0.5) is 0 Å². The molecule has 20 heavy (non-hydrogen) atoms. The Kier molecular flexibility index (Phi) is 4.10. The van der Waals surface area contributed by atoms with Gasteiger partial charge in [0.1, 0.15) is 10.6 Å². The average Bonchev–Trinajstić information content (AvgIpc) is 2.77. The number of ether oxygens (including phenoxy) is 1. The molecule has 0 aliphatic rings. The van der Waals surface area contributed by atoms with Gasteiger partial charge in [-0.05, 0) is 24.6 Å². The normalized spacial score (nSPS) is 11.6. The van der Waals surface area contributed by atoms with E-state index < -0.39 is 10.0 Å². The Morgan fingerprint density at radius 2 is 1.95 bits per heavy atom. The minimum atomic E-state index is -3.55. The second kappa shape index (κ2) is 5.64. The van der Waals surface area contributed by atoms with Crippen molar-refractivity contribution in [3.05, 3.63) is 41.7 Å². The van der Waals surface area contributed by atoms with Gasteiger partial charge in [-0.15, -0.1) is 0 Å². The minimum absolute atomic E-state index is 0.202. The summed E-state index contributed by atoms with van der Waals surface area (Å²) in [5, 5.41) is 4.04. The van der Waals surface area contributed by atoms with E-state index >= 15 is 0 Å². The van der Waals surface area contributed by atoms with Crippen LogP contribution in [0.1, 0.15) is 11.3 Å². The van der Waals surface area contributed by atoms with Crippen molar-refractivity contribution in [2.75, 3.05) is 7.11 Å². The van der Waals surface area contributed by atoms with Gasteiger partial charge in [-0.3, -0.25) is 4.68 Å². The van der Waals surface area contributed by atoms with E-state index in [0.29, 0.717) is 5.69 Å². The smallest absolute Gasteiger partial charge is 0.244 e. The lowest BCUT2D eigenvalue weighted by Crippen LogP contribution is -2.23. The third kappa shape index (κ3) is 3.17. The summed E-state index contributed by atoms with van der Waals surface area (Å²) in [5.41, 5.74) is 1.34. The quantitative estimate of drug-likeness (QED) is 0.900. The van der Waals surface area contributed by atoms with Crippen LogP contribution in [-0.2, 0) is 23.6 Å². The fraction of sp³-hybridized carbons (Fsp3) is 0.308. The molecular formula is C13H17N3O3S. The predicted molar refractivity (Wildman–Crippen MR) is 75.0 cm³/mol. The lowest BCUT2D eigenvalue weighted by Gasteiger charge is -2.06. The molecule has 0 aliphatic carbocycles. The highest BCUT2D eigenvalue weighted by Crippen LogP contribution is 2.14. The van der Waals surface area contributed by atoms with Crippen molar-refractivity contribution in [2.24, 2.45) is 7.05 Å². The van der Waals surface area contributed by atoms with Crippen molar-refractivity contribution in [1.29, 1.82) is 0 Å². The van der Waals surface area contributed by atoms with E-state index in [4.69, 9.17) is 4.74 Å². The first-order chi connectivity index (χ1) is 9.42. The van der Waals surface area contributed by atoms with Crippen molar-refractivity contribution in [1.82, 2.24) is 14.5 Å². The molecule has 0 saturated heterocycles. The first kappa shape index (κ1) is 14.5. The Hall–Kier alpha value is -1.86. The van der Waals surface area contributed by atoms with Gasteiger partial charge in [0, 0.05) is 19.8 Å². The standard InChI is InChI=1S/C13H17N3O3S/c1-10-13(9-16(2)15-10)20(17,18)14-8-11-4-6-12(19-3)7-5-11/h4-7,9,14H,8H2,1-3H3. The van der Waals surface area contributed by atoms with Gasteiger partial charge >= 0.3 is 0 Å². The molecule has 0 radical (unpaired) electrons. The van der Waals surface area contributed by atoms with E-state index in [2.05, 4.69) is 9.82 Å². The number of methoxy groups -OCH3 is 1. The maximum Gasteiger partial charge on any atom is 0.244 e. The highest BCUT2D eigenvalue weighted by molar-refractivity contribution is 7.89. The zero-order valence-corrected chi connectivity index (χ0v) is 12.4. The van der Waals surface area contributed by atoms with Crippen molar-refractivity contribution >= 4 is 10.0 Å². The van der Waals surface area contributed by atoms with Gasteiger partial charge in [0.15, 0.2) is 0 Å². The highest BCUT2D eigenvalue weighted by Gasteiger charge is 2.19. The Labute approximate surface area is 118 Å². The highest BCUT2D eigenvalue weighted by atomic mass is 32.2. The van der Waals surface area contributed by atoms with E-state index in [1.54, 1.807) is 33.2 Å². The molecule has 1 N–H and O–H groups in total. The summed E-state index contributed by atoms with van der Waals surface area (Å²) in [6, 6.07) is 7.22. The molecule has 7 heteroatoms. The molecule has 0 aliphatic heterocycles. The van der Waals surface area contributed by atoms with Crippen molar-refractivity contribution in [2.45, 2.75) is 18.4 Å². The molecule has 1 heterocycles. The molecule has 1 aromatic heterocycles. The third-order valence-electron chi connectivity index (χ3n) is 2.88. The van der Waals surface area contributed by atoms with Gasteiger partial charge in [0.2, 0.25) is 10.0 Å². The van der Waals surface area contributed by atoms with E-state index in [0.717, 1.165) is 11.3 Å². The van der Waals surface area contributed by atoms with Crippen LogP contribution in [0.15, 0.2) is 35.4 Å². The largest absolute Gasteiger partial charge is 0.497 e. The van der Waals surface area contributed by atoms with Crippen molar-refractivity contribution < 1.29 is 13.2 Å². The monoisotopic (exact) mass is 295 g/mol. The van der Waals surface area contributed by atoms with Gasteiger partial charge in [-0.1, -0.05) is 12.1 Å². The molecule has 0 unspecified atom stereocenters. The van der Waals surface area contributed by atoms with E-state index in [9.17, 15) is 8.42 Å². The van der Waals surface area contributed by atoms with Crippen LogP contribution in [-0.4, -0.2) is 25.3 Å². The van der Waals surface area contributed by atoms with Crippen molar-refractivity contribution in [3.63, 3.8) is 0 Å². The van der Waals surface area contributed by atoms with Crippen LogP contribution in [0.2, 0.25) is 0 Å². The number of rotatable bonds is 5. The van der Waals surface area contributed by atoms with Crippen LogP contribution < -0.4 is 9.46 Å². The van der Waals surface area contributed by atoms with Crippen molar-refractivity contribution in [3.8, 4) is 5.75 Å². The van der Waals surface area contributed by atoms with Gasteiger partial charge in [0.05, 0.1) is 12.8 Å². The summed E-state index contributed by atoms with van der Waals surface area (Å²) >= 11 is 0. The van der Waals surface area contributed by atoms with Gasteiger partial charge in [-0.25, -0.2) is 13.1 Å². The number of nitrogens with one attached hydrogen (secondary N) is 1. The van der Waals surface area contributed by atoms with Crippen LogP contribution in [0.3, 0.4) is 0 Å². The fourth-order valence-corrected chi connectivity index (χ4v) is 3.07. The number of nitrogens with zero attached hydrogens (tertiary/aromatic N) is 2. The minimum Gasteiger partial charge on any atom is -0.497 e. The van der Waals surface area contributed by atoms with Crippen LogP contribution in [0.5, 0.6) is 5.75 Å². The summed E-state index contributed by atoms with van der Waals surface area (Å²) in [7, 11) is -0.272. The molecular weight excluding hydrogens is 278 g/mol. The predicted octanol–water partition coefficient (Wildman–Crippen LogP) is 1.22. The molecule has 0 spiro atoms. The molecule has 0 fully saturated rings. The SMILES string of the molecule is COc1ccc(CNS(=O)(=O)c2cn(C)nc2C)cc1. The zero-order valence-electron chi connectivity index (χ0n) is 11.6. The van der Waals surface area contributed by atoms with E-state index in [1.807, 2.05) is 12.1 Å². The van der Waals surface area contributed by atoms with Gasteiger partial charge in [-0.2, -0.15) is 5.10 Å². The molecule has 0 amide bonds. The maximum absolute atomic E-state index is 12.2. The molecule has 0 atom stereocenters. The Bertz CT molecular complexity index is 690. The second-order valence-electron chi connectivity index (χ2n) is 4.43. The van der Waals surface area contributed by atoms with Crippen LogP contribution in [0.25, 0.3) is 0 Å². The number of hydrogen-bond donors (Lipinski definition) is 1. The Balaban J connectivity index is 2.11. The Morgan fingerprint density at radius 1 is 1.30 bits per heavy atom. The van der Waals surface area contributed by atoms with E-state index in [1.165, 1.54) is 10.9 Å². The van der Waals surface area contributed by atoms with Gasteiger partial charge in [0.25, 0.3) is 0 Å². The van der Waals surface area contributed by atoms with E-state index in [-0.39, 0.29) is 11.4 Å². The second-order valence-corrected chi connectivity index (χ2v) is 6.16. The first-order valence-corrected chi connectivity index (χ1v) is 7.53. The maximum atomic E-state index is 12.2. The Morgan fingerprint density at radius 3 is 2.45 bits per heavy atom.